The summed E-state index contributed by atoms with van der Waals surface area (Å²) >= 11 is 0. The molecule has 1 amide bonds. The Morgan fingerprint density at radius 2 is 1.46 bits per heavy atom. The highest BCUT2D eigenvalue weighted by Crippen LogP contribution is 2.20. The van der Waals surface area contributed by atoms with Crippen LogP contribution >= 0.6 is 0 Å². The maximum absolute atomic E-state index is 11.9. The highest BCUT2D eigenvalue weighted by Gasteiger charge is 2.22. The van der Waals surface area contributed by atoms with Gasteiger partial charge in [0.05, 0.1) is 26.4 Å². The Morgan fingerprint density at radius 1 is 1.00 bits per heavy atom. The lowest BCUT2D eigenvalue weighted by Crippen LogP contribution is -2.40. The number of nitrogens with zero attached hydrogens (tertiary/aromatic N) is 6. The maximum atomic E-state index is 11.9. The molecule has 0 radical (unpaired) electrons. The largest absolute Gasteiger partial charge is 0.378 e. The van der Waals surface area contributed by atoms with Crippen LogP contribution < -0.4 is 14.7 Å². The van der Waals surface area contributed by atoms with Gasteiger partial charge in [0.15, 0.2) is 0 Å². The van der Waals surface area contributed by atoms with Crippen LogP contribution in [0.1, 0.15) is 0 Å². The first-order valence-corrected chi connectivity index (χ1v) is 8.00. The summed E-state index contributed by atoms with van der Waals surface area (Å²) in [4.78, 5) is 30.9. The van der Waals surface area contributed by atoms with Crippen LogP contribution in [0.4, 0.5) is 17.8 Å². The quantitative estimate of drug-likeness (QED) is 0.694. The van der Waals surface area contributed by atoms with Gasteiger partial charge in [-0.3, -0.25) is 9.69 Å². The molecule has 2 fully saturated rings. The molecule has 0 atom stereocenters. The molecule has 1 aromatic heterocycles. The molecule has 24 heavy (non-hydrogen) atoms. The van der Waals surface area contributed by atoms with Gasteiger partial charge in [-0.2, -0.15) is 15.0 Å². The summed E-state index contributed by atoms with van der Waals surface area (Å²) in [6.07, 6.45) is 1.24. The molecule has 2 aliphatic heterocycles. The molecule has 9 nitrogen and oxygen atoms in total. The second kappa shape index (κ2) is 7.54. The summed E-state index contributed by atoms with van der Waals surface area (Å²) < 4.78 is 10.8. The van der Waals surface area contributed by atoms with Crippen molar-refractivity contribution in [3.63, 3.8) is 0 Å². The van der Waals surface area contributed by atoms with Crippen LogP contribution in [0.15, 0.2) is 12.7 Å². The third-order valence-electron chi connectivity index (χ3n) is 3.99. The molecule has 0 unspecified atom stereocenters. The summed E-state index contributed by atoms with van der Waals surface area (Å²) in [5, 5.41) is 0. The van der Waals surface area contributed by atoms with Crippen LogP contribution in [0, 0.1) is 0 Å². The Hall–Kier alpha value is -2.26. The highest BCUT2D eigenvalue weighted by atomic mass is 16.5. The molecule has 0 aliphatic carbocycles. The molecule has 2 aliphatic rings. The lowest BCUT2D eigenvalue weighted by atomic mass is 10.4. The number of ether oxygens (including phenoxy) is 2. The van der Waals surface area contributed by atoms with E-state index < -0.39 is 0 Å². The Balaban J connectivity index is 1.94. The summed E-state index contributed by atoms with van der Waals surface area (Å²) in [6.45, 7) is 8.91. The number of aromatic nitrogens is 3. The molecular formula is C15H22N6O3. The number of likely N-dealkylation sites (N-methyl/N-ethyl adjacent to an activating group) is 1. The van der Waals surface area contributed by atoms with Crippen molar-refractivity contribution in [2.75, 3.05) is 74.4 Å². The van der Waals surface area contributed by atoms with Gasteiger partial charge < -0.3 is 19.3 Å². The monoisotopic (exact) mass is 334 g/mol. The standard InChI is InChI=1S/C15H22N6O3/c1-3-12(22)19(2)13-16-14(20-4-8-23-9-5-20)18-15(17-13)21-6-10-24-11-7-21/h3H,1,4-11H2,2H3. The number of carbonyl (C=O) groups excluding carboxylic acids is 1. The molecule has 0 spiro atoms. The zero-order valence-corrected chi connectivity index (χ0v) is 13.8. The molecule has 0 saturated carbocycles. The van der Waals surface area contributed by atoms with Crippen molar-refractivity contribution in [3.8, 4) is 0 Å². The number of anilines is 3. The fraction of sp³-hybridized carbons (Fsp3) is 0.600. The van der Waals surface area contributed by atoms with Crippen LogP contribution in [0.3, 0.4) is 0 Å². The van der Waals surface area contributed by atoms with Crippen LogP contribution in [0.2, 0.25) is 0 Å². The van der Waals surface area contributed by atoms with E-state index in [1.807, 2.05) is 9.80 Å². The van der Waals surface area contributed by atoms with E-state index in [9.17, 15) is 4.79 Å². The molecular weight excluding hydrogens is 312 g/mol. The summed E-state index contributed by atoms with van der Waals surface area (Å²) in [6, 6.07) is 0. The average molecular weight is 334 g/mol. The summed E-state index contributed by atoms with van der Waals surface area (Å²) in [7, 11) is 1.63. The minimum Gasteiger partial charge on any atom is -0.378 e. The lowest BCUT2D eigenvalue weighted by molar-refractivity contribution is -0.113. The van der Waals surface area contributed by atoms with E-state index in [0.717, 1.165) is 0 Å². The van der Waals surface area contributed by atoms with E-state index in [-0.39, 0.29) is 5.91 Å². The first-order valence-electron chi connectivity index (χ1n) is 8.00. The van der Waals surface area contributed by atoms with Gasteiger partial charge in [0.1, 0.15) is 0 Å². The molecule has 0 N–H and O–H groups in total. The van der Waals surface area contributed by atoms with E-state index in [1.54, 1.807) is 7.05 Å². The molecule has 1 aromatic rings. The van der Waals surface area contributed by atoms with Crippen molar-refractivity contribution in [2.24, 2.45) is 0 Å². The Labute approximate surface area is 140 Å². The van der Waals surface area contributed by atoms with E-state index in [2.05, 4.69) is 21.5 Å². The van der Waals surface area contributed by atoms with E-state index in [0.29, 0.717) is 70.5 Å². The van der Waals surface area contributed by atoms with Gasteiger partial charge in [0.25, 0.3) is 5.91 Å². The predicted octanol–water partition coefficient (Wildman–Crippen LogP) is -0.306. The fourth-order valence-corrected chi connectivity index (χ4v) is 2.54. The lowest BCUT2D eigenvalue weighted by Gasteiger charge is -2.30. The van der Waals surface area contributed by atoms with Gasteiger partial charge in [0.2, 0.25) is 17.8 Å². The minimum atomic E-state index is -0.262. The van der Waals surface area contributed by atoms with Crippen molar-refractivity contribution < 1.29 is 14.3 Å². The Kier molecular flexibility index (Phi) is 5.21. The first kappa shape index (κ1) is 16.6. The van der Waals surface area contributed by atoms with Gasteiger partial charge in [-0.05, 0) is 6.08 Å². The highest BCUT2D eigenvalue weighted by molar-refractivity contribution is 5.99. The molecule has 0 bridgehead atoms. The molecule has 9 heteroatoms. The summed E-state index contributed by atoms with van der Waals surface area (Å²) in [5.74, 6) is 1.18. The number of hydrogen-bond acceptors (Lipinski definition) is 8. The molecule has 130 valence electrons. The Bertz CT molecular complexity index is 563. The first-order chi connectivity index (χ1) is 11.7. The smallest absolute Gasteiger partial charge is 0.252 e. The molecule has 3 rings (SSSR count). The normalized spacial score (nSPS) is 18.4. The van der Waals surface area contributed by atoms with Crippen LogP contribution in [0.5, 0.6) is 0 Å². The molecule has 3 heterocycles. The van der Waals surface area contributed by atoms with Crippen molar-refractivity contribution >= 4 is 23.8 Å². The topological polar surface area (TPSA) is 83.9 Å². The van der Waals surface area contributed by atoms with Gasteiger partial charge >= 0.3 is 0 Å². The number of morpholine rings is 2. The van der Waals surface area contributed by atoms with Crippen molar-refractivity contribution in [1.29, 1.82) is 0 Å². The van der Waals surface area contributed by atoms with E-state index in [4.69, 9.17) is 9.47 Å². The van der Waals surface area contributed by atoms with Gasteiger partial charge in [-0.15, -0.1) is 0 Å². The third-order valence-corrected chi connectivity index (χ3v) is 3.99. The second-order valence-electron chi connectivity index (χ2n) is 5.54. The Morgan fingerprint density at radius 3 is 1.88 bits per heavy atom. The SMILES string of the molecule is C=CC(=O)N(C)c1nc(N2CCOCC2)nc(N2CCOCC2)n1. The third kappa shape index (κ3) is 3.62. The van der Waals surface area contributed by atoms with Crippen LogP contribution in [-0.4, -0.2) is 80.5 Å². The van der Waals surface area contributed by atoms with Gasteiger partial charge in [0, 0.05) is 33.2 Å². The summed E-state index contributed by atoms with van der Waals surface area (Å²) in [5.41, 5.74) is 0. The molecule has 2 saturated heterocycles. The zero-order chi connectivity index (χ0) is 16.9. The number of carbonyl (C=O) groups is 1. The van der Waals surface area contributed by atoms with Crippen LogP contribution in [-0.2, 0) is 14.3 Å². The maximum Gasteiger partial charge on any atom is 0.252 e. The predicted molar refractivity (Wildman–Crippen MR) is 89.5 cm³/mol. The van der Waals surface area contributed by atoms with Crippen molar-refractivity contribution in [3.05, 3.63) is 12.7 Å². The zero-order valence-electron chi connectivity index (χ0n) is 13.8. The van der Waals surface area contributed by atoms with E-state index in [1.165, 1.54) is 11.0 Å². The van der Waals surface area contributed by atoms with Crippen LogP contribution in [0.25, 0.3) is 0 Å². The number of hydrogen-bond donors (Lipinski definition) is 0. The average Bonchev–Trinajstić information content (AvgIpc) is 2.67. The van der Waals surface area contributed by atoms with Gasteiger partial charge in [-0.1, -0.05) is 6.58 Å². The van der Waals surface area contributed by atoms with Crippen molar-refractivity contribution in [2.45, 2.75) is 0 Å². The molecule has 0 aromatic carbocycles. The fourth-order valence-electron chi connectivity index (χ4n) is 2.54. The van der Waals surface area contributed by atoms with Crippen molar-refractivity contribution in [1.82, 2.24) is 15.0 Å². The van der Waals surface area contributed by atoms with Gasteiger partial charge in [-0.25, -0.2) is 0 Å². The minimum absolute atomic E-state index is 0.262. The van der Waals surface area contributed by atoms with E-state index >= 15 is 0 Å². The second-order valence-corrected chi connectivity index (χ2v) is 5.54. The number of amides is 1. The number of rotatable bonds is 4.